The van der Waals surface area contributed by atoms with Gasteiger partial charge >= 0.3 is 0 Å². The van der Waals surface area contributed by atoms with Crippen molar-refractivity contribution in [3.63, 3.8) is 0 Å². The van der Waals surface area contributed by atoms with Crippen molar-refractivity contribution in [3.8, 4) is 5.75 Å². The van der Waals surface area contributed by atoms with Crippen LogP contribution in [0.3, 0.4) is 0 Å². The van der Waals surface area contributed by atoms with Gasteiger partial charge in [-0.15, -0.1) is 0 Å². The summed E-state index contributed by atoms with van der Waals surface area (Å²) in [4.78, 5) is 0. The molecule has 18 heavy (non-hydrogen) atoms. The highest BCUT2D eigenvalue weighted by Gasteiger charge is 2.20. The Morgan fingerprint density at radius 2 is 1.94 bits per heavy atom. The van der Waals surface area contributed by atoms with Crippen LogP contribution in [0.1, 0.15) is 31.2 Å². The van der Waals surface area contributed by atoms with Crippen molar-refractivity contribution in [2.75, 3.05) is 6.61 Å². The van der Waals surface area contributed by atoms with Crippen molar-refractivity contribution in [3.05, 3.63) is 28.8 Å². The minimum absolute atomic E-state index is 0.288. The van der Waals surface area contributed by atoms with Crippen LogP contribution in [0.4, 0.5) is 0 Å². The number of aliphatic hydroxyl groups excluding tert-OH is 1. The van der Waals surface area contributed by atoms with Crippen molar-refractivity contribution in [1.29, 1.82) is 0 Å². The molecule has 2 rings (SSSR count). The van der Waals surface area contributed by atoms with Gasteiger partial charge in [-0.3, -0.25) is 0 Å². The maximum absolute atomic E-state index is 9.71. The molecule has 0 saturated heterocycles. The minimum atomic E-state index is 0.288. The summed E-state index contributed by atoms with van der Waals surface area (Å²) in [7, 11) is 0. The summed E-state index contributed by atoms with van der Waals surface area (Å²) in [5.74, 6) is 0.763. The average Bonchev–Trinajstić information content (AvgIpc) is 2.40. The molecule has 1 aliphatic carbocycles. The highest BCUT2D eigenvalue weighted by atomic mass is 35.5. The quantitative estimate of drug-likeness (QED) is 0.788. The molecule has 3 nitrogen and oxygen atoms in total. The molecular formula is C14H20ClNO2. The molecule has 1 saturated carbocycles. The molecule has 0 spiro atoms. The molecule has 4 heteroatoms. The first-order valence-electron chi connectivity index (χ1n) is 6.50. The van der Waals surface area contributed by atoms with Crippen LogP contribution in [0.25, 0.3) is 0 Å². The topological polar surface area (TPSA) is 52.5 Å². The molecule has 0 radical (unpaired) electrons. The minimum Gasteiger partial charge on any atom is -0.508 e. The van der Waals surface area contributed by atoms with Gasteiger partial charge in [0.2, 0.25) is 0 Å². The Kier molecular flexibility index (Phi) is 4.87. The van der Waals surface area contributed by atoms with Crippen molar-refractivity contribution < 1.29 is 10.2 Å². The highest BCUT2D eigenvalue weighted by Crippen LogP contribution is 2.25. The standard InChI is InChI=1S/C14H20ClNO2/c15-12-3-6-14(18)11(7-12)8-16-13-4-1-10(9-17)2-5-13/h3,6-7,10,13,16-18H,1-2,4-5,8-9H2. The fraction of sp³-hybridized carbons (Fsp3) is 0.571. The van der Waals surface area contributed by atoms with Crippen LogP contribution in [0, 0.1) is 5.92 Å². The SMILES string of the molecule is OCC1CCC(NCc2cc(Cl)ccc2O)CC1. The summed E-state index contributed by atoms with van der Waals surface area (Å²) in [6, 6.07) is 5.59. The molecule has 0 aliphatic heterocycles. The van der Waals surface area contributed by atoms with Gasteiger partial charge in [-0.25, -0.2) is 0 Å². The smallest absolute Gasteiger partial charge is 0.120 e. The van der Waals surface area contributed by atoms with E-state index in [0.29, 0.717) is 30.1 Å². The molecule has 1 aromatic rings. The third-order valence-corrected chi connectivity index (χ3v) is 3.96. The van der Waals surface area contributed by atoms with Gasteiger partial charge in [-0.2, -0.15) is 0 Å². The van der Waals surface area contributed by atoms with Crippen LogP contribution >= 0.6 is 11.6 Å². The lowest BCUT2D eigenvalue weighted by atomic mass is 9.86. The summed E-state index contributed by atoms with van der Waals surface area (Å²) < 4.78 is 0. The Balaban J connectivity index is 1.83. The summed E-state index contributed by atoms with van der Waals surface area (Å²) in [5.41, 5.74) is 0.840. The van der Waals surface area contributed by atoms with Gasteiger partial charge in [0.25, 0.3) is 0 Å². The van der Waals surface area contributed by atoms with E-state index >= 15 is 0 Å². The van der Waals surface area contributed by atoms with E-state index < -0.39 is 0 Å². The zero-order valence-electron chi connectivity index (χ0n) is 10.4. The molecule has 0 amide bonds. The molecule has 100 valence electrons. The fourth-order valence-electron chi connectivity index (χ4n) is 2.50. The monoisotopic (exact) mass is 269 g/mol. The van der Waals surface area contributed by atoms with Gasteiger partial charge in [-0.1, -0.05) is 11.6 Å². The van der Waals surface area contributed by atoms with Gasteiger partial charge < -0.3 is 15.5 Å². The Hall–Kier alpha value is -0.770. The maximum atomic E-state index is 9.71. The summed E-state index contributed by atoms with van der Waals surface area (Å²) >= 11 is 5.91. The van der Waals surface area contributed by atoms with E-state index in [4.69, 9.17) is 16.7 Å². The first-order valence-corrected chi connectivity index (χ1v) is 6.88. The van der Waals surface area contributed by atoms with E-state index in [2.05, 4.69) is 5.32 Å². The fourth-order valence-corrected chi connectivity index (χ4v) is 2.69. The third kappa shape index (κ3) is 3.61. The Bertz CT molecular complexity index is 389. The maximum Gasteiger partial charge on any atom is 0.120 e. The number of halogens is 1. The van der Waals surface area contributed by atoms with Crippen LogP contribution in [-0.4, -0.2) is 22.9 Å². The molecule has 1 fully saturated rings. The molecule has 1 aliphatic rings. The normalized spacial score (nSPS) is 24.1. The van der Waals surface area contributed by atoms with Gasteiger partial charge in [0.1, 0.15) is 5.75 Å². The van der Waals surface area contributed by atoms with Crippen molar-refractivity contribution >= 4 is 11.6 Å². The summed E-state index contributed by atoms with van der Waals surface area (Å²) in [6.45, 7) is 0.947. The average molecular weight is 270 g/mol. The number of aliphatic hydroxyl groups is 1. The summed E-state index contributed by atoms with van der Waals surface area (Å²) in [6.07, 6.45) is 4.34. The Morgan fingerprint density at radius 3 is 2.61 bits per heavy atom. The molecule has 3 N–H and O–H groups in total. The second-order valence-electron chi connectivity index (χ2n) is 5.05. The Labute approximate surface area is 113 Å². The predicted octanol–water partition coefficient (Wildman–Crippen LogP) is 2.69. The number of nitrogens with one attached hydrogen (secondary N) is 1. The van der Waals surface area contributed by atoms with Gasteiger partial charge in [-0.05, 0) is 49.8 Å². The van der Waals surface area contributed by atoms with Gasteiger partial charge in [0, 0.05) is 29.8 Å². The zero-order chi connectivity index (χ0) is 13.0. The van der Waals surface area contributed by atoms with Crippen molar-refractivity contribution in [2.24, 2.45) is 5.92 Å². The largest absolute Gasteiger partial charge is 0.508 e. The number of phenolic OH excluding ortho intramolecular Hbond substituents is 1. The molecule has 0 heterocycles. The molecular weight excluding hydrogens is 250 g/mol. The number of benzene rings is 1. The second-order valence-corrected chi connectivity index (χ2v) is 5.49. The van der Waals surface area contributed by atoms with E-state index in [0.717, 1.165) is 31.2 Å². The molecule has 0 atom stereocenters. The van der Waals surface area contributed by atoms with Crippen LogP contribution in [0.5, 0.6) is 5.75 Å². The first-order chi connectivity index (χ1) is 8.69. The van der Waals surface area contributed by atoms with Crippen LogP contribution in [0.15, 0.2) is 18.2 Å². The van der Waals surface area contributed by atoms with Gasteiger partial charge in [0.15, 0.2) is 0 Å². The lowest BCUT2D eigenvalue weighted by Gasteiger charge is -2.28. The van der Waals surface area contributed by atoms with Crippen LogP contribution in [0.2, 0.25) is 5.02 Å². The van der Waals surface area contributed by atoms with E-state index in [9.17, 15) is 5.11 Å². The third-order valence-electron chi connectivity index (χ3n) is 3.73. The van der Waals surface area contributed by atoms with Crippen LogP contribution in [-0.2, 0) is 6.54 Å². The van der Waals surface area contributed by atoms with E-state index in [-0.39, 0.29) is 5.75 Å². The molecule has 0 aromatic heterocycles. The molecule has 0 bridgehead atoms. The molecule has 0 unspecified atom stereocenters. The van der Waals surface area contributed by atoms with E-state index in [1.807, 2.05) is 0 Å². The van der Waals surface area contributed by atoms with Crippen molar-refractivity contribution in [1.82, 2.24) is 5.32 Å². The lowest BCUT2D eigenvalue weighted by Crippen LogP contribution is -2.33. The number of phenols is 1. The number of hydrogen-bond donors (Lipinski definition) is 3. The Morgan fingerprint density at radius 1 is 1.22 bits per heavy atom. The molecule has 1 aromatic carbocycles. The number of hydrogen-bond acceptors (Lipinski definition) is 3. The van der Waals surface area contributed by atoms with Gasteiger partial charge in [0.05, 0.1) is 0 Å². The number of rotatable bonds is 4. The lowest BCUT2D eigenvalue weighted by molar-refractivity contribution is 0.175. The summed E-state index contributed by atoms with van der Waals surface area (Å²) in [5, 5.41) is 22.9. The van der Waals surface area contributed by atoms with E-state index in [1.54, 1.807) is 18.2 Å². The zero-order valence-corrected chi connectivity index (χ0v) is 11.2. The first kappa shape index (κ1) is 13.7. The van der Waals surface area contributed by atoms with E-state index in [1.165, 1.54) is 0 Å². The van der Waals surface area contributed by atoms with Crippen LogP contribution < -0.4 is 5.32 Å². The highest BCUT2D eigenvalue weighted by molar-refractivity contribution is 6.30. The van der Waals surface area contributed by atoms with Crippen molar-refractivity contribution in [2.45, 2.75) is 38.3 Å². The predicted molar refractivity (Wildman–Crippen MR) is 72.8 cm³/mol. The number of aromatic hydroxyl groups is 1. The second kappa shape index (κ2) is 6.41.